The molecule has 0 saturated heterocycles. The summed E-state index contributed by atoms with van der Waals surface area (Å²) in [6.45, 7) is 0. The molecule has 3 rings (SSSR count). The summed E-state index contributed by atoms with van der Waals surface area (Å²) in [5.74, 6) is -2.06. The zero-order valence-electron chi connectivity index (χ0n) is 12.9. The van der Waals surface area contributed by atoms with Gasteiger partial charge >= 0.3 is 5.97 Å². The van der Waals surface area contributed by atoms with E-state index in [1.807, 2.05) is 0 Å². The topological polar surface area (TPSA) is 89.7 Å². The van der Waals surface area contributed by atoms with E-state index in [-0.39, 0.29) is 22.5 Å². The quantitative estimate of drug-likeness (QED) is 0.528. The highest BCUT2D eigenvalue weighted by molar-refractivity contribution is 6.25. The van der Waals surface area contributed by atoms with Crippen LogP contribution in [0.1, 0.15) is 26.3 Å². The number of hydrogen-bond donors (Lipinski definition) is 1. The number of amides is 2. The SMILES string of the molecule is COC(=O)/C(=C(/N)c1ccccc1)N1C(=O)c2ccccc2C1=O. The van der Waals surface area contributed by atoms with Crippen molar-refractivity contribution >= 4 is 23.5 Å². The molecule has 1 aliphatic rings. The summed E-state index contributed by atoms with van der Waals surface area (Å²) in [4.78, 5) is 38.3. The fourth-order valence-corrected chi connectivity index (χ4v) is 2.57. The average Bonchev–Trinajstić information content (AvgIpc) is 2.88. The summed E-state index contributed by atoms with van der Waals surface area (Å²) < 4.78 is 4.74. The first-order valence-corrected chi connectivity index (χ1v) is 7.17. The highest BCUT2D eigenvalue weighted by Gasteiger charge is 2.41. The Morgan fingerprint density at radius 1 is 0.917 bits per heavy atom. The van der Waals surface area contributed by atoms with Crippen molar-refractivity contribution in [3.63, 3.8) is 0 Å². The first-order chi connectivity index (χ1) is 11.6. The zero-order chi connectivity index (χ0) is 17.3. The second-order valence-corrected chi connectivity index (χ2v) is 5.11. The molecule has 6 nitrogen and oxygen atoms in total. The summed E-state index contributed by atoms with van der Waals surface area (Å²) in [7, 11) is 1.17. The van der Waals surface area contributed by atoms with Crippen molar-refractivity contribution in [2.45, 2.75) is 0 Å². The number of nitrogens with two attached hydrogens (primary N) is 1. The van der Waals surface area contributed by atoms with Gasteiger partial charge in [0.2, 0.25) is 0 Å². The summed E-state index contributed by atoms with van der Waals surface area (Å²) in [5, 5.41) is 0. The Hall–Kier alpha value is -3.41. The van der Waals surface area contributed by atoms with E-state index < -0.39 is 17.8 Å². The number of carbonyl (C=O) groups excluding carboxylic acids is 3. The monoisotopic (exact) mass is 322 g/mol. The van der Waals surface area contributed by atoms with E-state index >= 15 is 0 Å². The largest absolute Gasteiger partial charge is 0.464 e. The zero-order valence-corrected chi connectivity index (χ0v) is 12.9. The normalized spacial score (nSPS) is 14.3. The minimum atomic E-state index is -0.856. The number of benzene rings is 2. The third-order valence-corrected chi connectivity index (χ3v) is 3.74. The molecule has 24 heavy (non-hydrogen) atoms. The lowest BCUT2D eigenvalue weighted by atomic mass is 10.1. The van der Waals surface area contributed by atoms with Gasteiger partial charge in [-0.05, 0) is 17.7 Å². The Kier molecular flexibility index (Phi) is 3.87. The number of esters is 1. The van der Waals surface area contributed by atoms with Gasteiger partial charge in [0.25, 0.3) is 11.8 Å². The number of hydrogen-bond acceptors (Lipinski definition) is 5. The van der Waals surface area contributed by atoms with Gasteiger partial charge in [-0.2, -0.15) is 0 Å². The molecule has 0 unspecified atom stereocenters. The maximum atomic E-state index is 12.6. The van der Waals surface area contributed by atoms with E-state index in [4.69, 9.17) is 10.5 Å². The minimum absolute atomic E-state index is 0.00282. The molecule has 0 aliphatic carbocycles. The number of carbonyl (C=O) groups is 3. The maximum absolute atomic E-state index is 12.6. The number of rotatable bonds is 3. The van der Waals surface area contributed by atoms with E-state index in [0.29, 0.717) is 5.56 Å². The standard InChI is InChI=1S/C18H14N2O4/c1-24-18(23)15(14(19)11-7-3-2-4-8-11)20-16(21)12-9-5-6-10-13(12)17(20)22/h2-10H,19H2,1H3/b15-14-. The number of ether oxygens (including phenoxy) is 1. The van der Waals surface area contributed by atoms with Crippen LogP contribution in [0.5, 0.6) is 0 Å². The molecule has 2 amide bonds. The molecule has 6 heteroatoms. The van der Waals surface area contributed by atoms with Gasteiger partial charge in [0.05, 0.1) is 23.9 Å². The van der Waals surface area contributed by atoms with Gasteiger partial charge < -0.3 is 10.5 Å². The molecule has 1 aliphatic heterocycles. The lowest BCUT2D eigenvalue weighted by Gasteiger charge is -2.18. The lowest BCUT2D eigenvalue weighted by molar-refractivity contribution is -0.137. The smallest absolute Gasteiger partial charge is 0.357 e. The van der Waals surface area contributed by atoms with Crippen molar-refractivity contribution < 1.29 is 19.1 Å². The van der Waals surface area contributed by atoms with Crippen LogP contribution in [0.2, 0.25) is 0 Å². The van der Waals surface area contributed by atoms with Gasteiger partial charge in [0.15, 0.2) is 5.70 Å². The van der Waals surface area contributed by atoms with Crippen molar-refractivity contribution in [1.82, 2.24) is 4.90 Å². The molecular formula is C18H14N2O4. The van der Waals surface area contributed by atoms with Gasteiger partial charge in [-0.1, -0.05) is 42.5 Å². The molecule has 0 aromatic heterocycles. The predicted molar refractivity (Wildman–Crippen MR) is 86.5 cm³/mol. The summed E-state index contributed by atoms with van der Waals surface area (Å²) in [5.41, 5.74) is 6.76. The Labute approximate surface area is 138 Å². The third-order valence-electron chi connectivity index (χ3n) is 3.74. The molecule has 2 aromatic carbocycles. The average molecular weight is 322 g/mol. The van der Waals surface area contributed by atoms with Gasteiger partial charge in [-0.25, -0.2) is 9.69 Å². The molecule has 0 bridgehead atoms. The van der Waals surface area contributed by atoms with E-state index in [2.05, 4.69) is 0 Å². The van der Waals surface area contributed by atoms with Crippen LogP contribution in [0.4, 0.5) is 0 Å². The maximum Gasteiger partial charge on any atom is 0.357 e. The Morgan fingerprint density at radius 3 is 1.92 bits per heavy atom. The molecule has 1 heterocycles. The third kappa shape index (κ3) is 2.34. The van der Waals surface area contributed by atoms with Gasteiger partial charge in [0.1, 0.15) is 0 Å². The molecule has 0 saturated carbocycles. The minimum Gasteiger partial charge on any atom is -0.464 e. The second kappa shape index (κ2) is 6.00. The molecular weight excluding hydrogens is 308 g/mol. The number of fused-ring (bicyclic) bond motifs is 1. The molecule has 0 fully saturated rings. The van der Waals surface area contributed by atoms with Crippen LogP contribution in [0.15, 0.2) is 60.3 Å². The van der Waals surface area contributed by atoms with E-state index in [1.54, 1.807) is 42.5 Å². The molecule has 2 N–H and O–H groups in total. The Morgan fingerprint density at radius 2 is 1.42 bits per heavy atom. The van der Waals surface area contributed by atoms with E-state index in [1.165, 1.54) is 19.2 Å². The number of imide groups is 1. The summed E-state index contributed by atoms with van der Waals surface area (Å²) in [6, 6.07) is 15.0. The Bertz CT molecular complexity index is 837. The van der Waals surface area contributed by atoms with E-state index in [9.17, 15) is 14.4 Å². The predicted octanol–water partition coefficient (Wildman–Crippen LogP) is 1.78. The van der Waals surface area contributed by atoms with Crippen LogP contribution in [-0.4, -0.2) is 29.8 Å². The van der Waals surface area contributed by atoms with Crippen LogP contribution in [-0.2, 0) is 9.53 Å². The van der Waals surface area contributed by atoms with Crippen LogP contribution >= 0.6 is 0 Å². The fraction of sp³-hybridized carbons (Fsp3) is 0.0556. The van der Waals surface area contributed by atoms with Gasteiger partial charge in [-0.3, -0.25) is 9.59 Å². The molecule has 2 aromatic rings. The van der Waals surface area contributed by atoms with Crippen molar-refractivity contribution in [2.24, 2.45) is 5.73 Å². The summed E-state index contributed by atoms with van der Waals surface area (Å²) >= 11 is 0. The van der Waals surface area contributed by atoms with Gasteiger partial charge in [-0.15, -0.1) is 0 Å². The van der Waals surface area contributed by atoms with Crippen molar-refractivity contribution in [3.8, 4) is 0 Å². The molecule has 0 spiro atoms. The van der Waals surface area contributed by atoms with Crippen LogP contribution < -0.4 is 5.73 Å². The van der Waals surface area contributed by atoms with Crippen LogP contribution in [0.3, 0.4) is 0 Å². The second-order valence-electron chi connectivity index (χ2n) is 5.11. The van der Waals surface area contributed by atoms with Gasteiger partial charge in [0, 0.05) is 0 Å². The highest BCUT2D eigenvalue weighted by atomic mass is 16.5. The van der Waals surface area contributed by atoms with Crippen molar-refractivity contribution in [2.75, 3.05) is 7.11 Å². The van der Waals surface area contributed by atoms with Crippen molar-refractivity contribution in [3.05, 3.63) is 77.0 Å². The van der Waals surface area contributed by atoms with E-state index in [0.717, 1.165) is 4.90 Å². The van der Waals surface area contributed by atoms with Crippen molar-refractivity contribution in [1.29, 1.82) is 0 Å². The van der Waals surface area contributed by atoms with Crippen LogP contribution in [0, 0.1) is 0 Å². The highest BCUT2D eigenvalue weighted by Crippen LogP contribution is 2.29. The Balaban J connectivity index is 2.18. The van der Waals surface area contributed by atoms with Crippen LogP contribution in [0.25, 0.3) is 5.70 Å². The number of methoxy groups -OCH3 is 1. The molecule has 120 valence electrons. The summed E-state index contributed by atoms with van der Waals surface area (Å²) in [6.07, 6.45) is 0. The first-order valence-electron chi connectivity index (χ1n) is 7.17. The first kappa shape index (κ1) is 15.5. The lowest BCUT2D eigenvalue weighted by Crippen LogP contribution is -2.35. The fourth-order valence-electron chi connectivity index (χ4n) is 2.57. The molecule has 0 radical (unpaired) electrons. The number of nitrogens with zero attached hydrogens (tertiary/aromatic N) is 1. The molecule has 0 atom stereocenters.